The van der Waals surface area contributed by atoms with Crippen LogP contribution in [0.25, 0.3) is 21.3 Å². The number of thiophene rings is 1. The number of aromatic nitrogens is 3. The molecule has 0 N–H and O–H groups in total. The van der Waals surface area contributed by atoms with E-state index in [2.05, 4.69) is 15.1 Å². The second kappa shape index (κ2) is 9.16. The third kappa shape index (κ3) is 5.12. The van der Waals surface area contributed by atoms with Crippen LogP contribution in [-0.2, 0) is 21.3 Å². The summed E-state index contributed by atoms with van der Waals surface area (Å²) < 4.78 is 41.3. The largest absolute Gasteiger partial charge is 0.493 e. The van der Waals surface area contributed by atoms with E-state index in [0.717, 1.165) is 10.4 Å². The molecule has 0 aliphatic rings. The molecule has 0 amide bonds. The Balaban J connectivity index is 1.47. The van der Waals surface area contributed by atoms with Gasteiger partial charge in [-0.1, -0.05) is 11.2 Å². The molecule has 0 bridgehead atoms. The molecule has 0 aliphatic heterocycles. The Morgan fingerprint density at radius 1 is 1.10 bits per heavy atom. The third-order valence-corrected chi connectivity index (χ3v) is 7.41. The van der Waals surface area contributed by atoms with Crippen LogP contribution in [0.4, 0.5) is 0 Å². The fraction of sp³-hybridized carbons (Fsp3) is 0.250. The summed E-state index contributed by atoms with van der Waals surface area (Å²) in [4.78, 5) is 9.49. The molecule has 0 atom stereocenters. The molecule has 3 heterocycles. The van der Waals surface area contributed by atoms with Gasteiger partial charge in [0, 0.05) is 10.9 Å². The Morgan fingerprint density at radius 3 is 2.71 bits per heavy atom. The van der Waals surface area contributed by atoms with Gasteiger partial charge in [-0.15, -0.1) is 22.7 Å². The molecular formula is C20H19N3O5S3. The Bertz CT molecular complexity index is 1260. The molecule has 4 aromatic rings. The number of hydrogen-bond acceptors (Lipinski definition) is 10. The van der Waals surface area contributed by atoms with Gasteiger partial charge < -0.3 is 14.0 Å². The summed E-state index contributed by atoms with van der Waals surface area (Å²) in [5.74, 6) is 1.15. The molecule has 4 rings (SSSR count). The van der Waals surface area contributed by atoms with Gasteiger partial charge in [-0.2, -0.15) is 4.98 Å². The molecule has 0 saturated heterocycles. The second-order valence-corrected chi connectivity index (χ2v) is 10.3. The van der Waals surface area contributed by atoms with Crippen molar-refractivity contribution < 1.29 is 22.4 Å². The minimum atomic E-state index is -3.53. The quantitative estimate of drug-likeness (QED) is 0.348. The molecule has 0 radical (unpaired) electrons. The lowest BCUT2D eigenvalue weighted by Gasteiger charge is -2.09. The minimum Gasteiger partial charge on any atom is -0.493 e. The van der Waals surface area contributed by atoms with E-state index in [-0.39, 0.29) is 17.4 Å². The van der Waals surface area contributed by atoms with Crippen molar-refractivity contribution in [2.45, 2.75) is 18.4 Å². The summed E-state index contributed by atoms with van der Waals surface area (Å²) in [5, 5.41) is 8.18. The molecular weight excluding hydrogens is 458 g/mol. The van der Waals surface area contributed by atoms with Crippen molar-refractivity contribution in [1.29, 1.82) is 0 Å². The first-order valence-corrected chi connectivity index (χ1v) is 12.9. The van der Waals surface area contributed by atoms with Crippen molar-refractivity contribution in [3.05, 3.63) is 52.7 Å². The Kier molecular flexibility index (Phi) is 6.35. The standard InChI is InChI=1S/C20H19N3O5S3/c1-3-27-15-7-6-13(9-16(15)26-2)20-21-14(10-30-20)11-31(24,25)12-18-22-19(23-28-18)17-5-4-8-29-17/h4-10H,3,11-12H2,1-2H3. The van der Waals surface area contributed by atoms with E-state index in [9.17, 15) is 8.42 Å². The highest BCUT2D eigenvalue weighted by Crippen LogP contribution is 2.34. The van der Waals surface area contributed by atoms with Crippen LogP contribution >= 0.6 is 22.7 Å². The lowest BCUT2D eigenvalue weighted by molar-refractivity contribution is 0.311. The Hall–Kier alpha value is -2.76. The maximum Gasteiger partial charge on any atom is 0.242 e. The van der Waals surface area contributed by atoms with E-state index in [1.807, 2.05) is 42.6 Å². The first kappa shape index (κ1) is 21.5. The molecule has 8 nitrogen and oxygen atoms in total. The van der Waals surface area contributed by atoms with E-state index in [1.54, 1.807) is 12.5 Å². The average molecular weight is 478 g/mol. The highest BCUT2D eigenvalue weighted by molar-refractivity contribution is 7.89. The number of nitrogens with zero attached hydrogens (tertiary/aromatic N) is 3. The highest BCUT2D eigenvalue weighted by Gasteiger charge is 2.21. The number of thiazole rings is 1. The molecule has 11 heteroatoms. The van der Waals surface area contributed by atoms with Gasteiger partial charge in [0.25, 0.3) is 0 Å². The van der Waals surface area contributed by atoms with E-state index in [1.165, 1.54) is 22.7 Å². The highest BCUT2D eigenvalue weighted by atomic mass is 32.2. The van der Waals surface area contributed by atoms with Crippen molar-refractivity contribution in [3.63, 3.8) is 0 Å². The number of sulfone groups is 1. The molecule has 0 spiro atoms. The average Bonchev–Trinajstić information content (AvgIpc) is 3.49. The van der Waals surface area contributed by atoms with Crippen molar-refractivity contribution in [3.8, 4) is 32.8 Å². The summed E-state index contributed by atoms with van der Waals surface area (Å²) in [6, 6.07) is 9.23. The lowest BCUT2D eigenvalue weighted by Crippen LogP contribution is -2.08. The monoisotopic (exact) mass is 477 g/mol. The smallest absolute Gasteiger partial charge is 0.242 e. The summed E-state index contributed by atoms with van der Waals surface area (Å²) >= 11 is 2.83. The van der Waals surface area contributed by atoms with Gasteiger partial charge in [-0.25, -0.2) is 13.4 Å². The van der Waals surface area contributed by atoms with Gasteiger partial charge in [-0.05, 0) is 36.6 Å². The summed E-state index contributed by atoms with van der Waals surface area (Å²) in [6.45, 7) is 2.43. The summed E-state index contributed by atoms with van der Waals surface area (Å²) in [6.07, 6.45) is 0. The van der Waals surface area contributed by atoms with Gasteiger partial charge in [-0.3, -0.25) is 0 Å². The van der Waals surface area contributed by atoms with E-state index in [4.69, 9.17) is 14.0 Å². The second-order valence-electron chi connectivity index (χ2n) is 6.46. The topological polar surface area (TPSA) is 104 Å². The predicted molar refractivity (Wildman–Crippen MR) is 119 cm³/mol. The van der Waals surface area contributed by atoms with Gasteiger partial charge in [0.1, 0.15) is 10.8 Å². The molecule has 3 aromatic heterocycles. The van der Waals surface area contributed by atoms with Crippen LogP contribution in [0, 0.1) is 0 Å². The Labute approximate surface area is 187 Å². The van der Waals surface area contributed by atoms with Crippen molar-refractivity contribution in [1.82, 2.24) is 15.1 Å². The van der Waals surface area contributed by atoms with Gasteiger partial charge in [0.2, 0.25) is 11.7 Å². The van der Waals surface area contributed by atoms with Crippen molar-refractivity contribution >= 4 is 32.5 Å². The zero-order valence-corrected chi connectivity index (χ0v) is 19.2. The maximum absolute atomic E-state index is 12.6. The van der Waals surface area contributed by atoms with Crippen molar-refractivity contribution in [2.75, 3.05) is 13.7 Å². The molecule has 0 saturated carbocycles. The molecule has 0 unspecified atom stereocenters. The molecule has 0 fully saturated rings. The van der Waals surface area contributed by atoms with Gasteiger partial charge in [0.15, 0.2) is 21.3 Å². The predicted octanol–water partition coefficient (Wildman–Crippen LogP) is 4.44. The number of benzene rings is 1. The fourth-order valence-electron chi connectivity index (χ4n) is 2.87. The SMILES string of the molecule is CCOc1ccc(-c2nc(CS(=O)(=O)Cc3nc(-c4cccs4)no3)cs2)cc1OC. The normalized spacial score (nSPS) is 11.5. The van der Waals surface area contributed by atoms with Crippen LogP contribution in [-0.4, -0.2) is 37.3 Å². The first-order chi connectivity index (χ1) is 15.0. The zero-order chi connectivity index (χ0) is 21.8. The van der Waals surface area contributed by atoms with Crippen LogP contribution in [0.2, 0.25) is 0 Å². The summed E-state index contributed by atoms with van der Waals surface area (Å²) in [7, 11) is -1.96. The molecule has 1 aromatic carbocycles. The van der Waals surface area contributed by atoms with Crippen LogP contribution in [0.1, 0.15) is 18.5 Å². The molecule has 162 valence electrons. The first-order valence-electron chi connectivity index (χ1n) is 9.30. The van der Waals surface area contributed by atoms with Gasteiger partial charge in [0.05, 0.1) is 30.0 Å². The maximum atomic E-state index is 12.6. The van der Waals surface area contributed by atoms with Crippen LogP contribution in [0.3, 0.4) is 0 Å². The lowest BCUT2D eigenvalue weighted by atomic mass is 10.2. The number of hydrogen-bond donors (Lipinski definition) is 0. The van der Waals surface area contributed by atoms with Gasteiger partial charge >= 0.3 is 0 Å². The molecule has 31 heavy (non-hydrogen) atoms. The number of ether oxygens (including phenoxy) is 2. The number of rotatable bonds is 9. The third-order valence-electron chi connectivity index (χ3n) is 4.18. The van der Waals surface area contributed by atoms with Crippen LogP contribution < -0.4 is 9.47 Å². The zero-order valence-electron chi connectivity index (χ0n) is 16.8. The molecule has 0 aliphatic carbocycles. The number of methoxy groups -OCH3 is 1. The van der Waals surface area contributed by atoms with Crippen molar-refractivity contribution in [2.24, 2.45) is 0 Å². The van der Waals surface area contributed by atoms with E-state index in [0.29, 0.717) is 34.6 Å². The van der Waals surface area contributed by atoms with E-state index < -0.39 is 9.84 Å². The minimum absolute atomic E-state index is 0.0649. The summed E-state index contributed by atoms with van der Waals surface area (Å²) in [5.41, 5.74) is 1.29. The van der Waals surface area contributed by atoms with E-state index >= 15 is 0 Å². The Morgan fingerprint density at radius 2 is 1.97 bits per heavy atom. The van der Waals surface area contributed by atoms with Crippen LogP contribution in [0.15, 0.2) is 45.6 Å². The van der Waals surface area contributed by atoms with Crippen LogP contribution in [0.5, 0.6) is 11.5 Å². The fourth-order valence-corrected chi connectivity index (χ4v) is 5.63.